The number of unbranched alkanes of at least 4 members (excludes halogenated alkanes) is 2. The number of hydrogen-bond donors (Lipinski definition) is 3. The van der Waals surface area contributed by atoms with Crippen LogP contribution in [-0.2, 0) is 102 Å². The van der Waals surface area contributed by atoms with E-state index in [1.54, 1.807) is 81.4 Å². The van der Waals surface area contributed by atoms with E-state index < -0.39 is 136 Å². The Morgan fingerprint density at radius 1 is 0.505 bits per heavy atom. The maximum absolute atomic E-state index is 16.8. The summed E-state index contributed by atoms with van der Waals surface area (Å²) in [6.45, 7) is 8.87. The molecule has 36 heteroatoms. The molecule has 9 aliphatic heterocycles. The van der Waals surface area contributed by atoms with Gasteiger partial charge in [-0.15, -0.1) is 0 Å². The lowest BCUT2D eigenvalue weighted by Crippen LogP contribution is -2.78. The third kappa shape index (κ3) is 14.7. The molecular formula is C73H90N8O22S6. The van der Waals surface area contributed by atoms with Gasteiger partial charge in [0.25, 0.3) is 31.9 Å². The van der Waals surface area contributed by atoms with E-state index in [9.17, 15) is 24.0 Å². The van der Waals surface area contributed by atoms with Gasteiger partial charge in [-0.3, -0.25) is 38.0 Å². The number of fused-ring (bicyclic) bond motifs is 11. The quantitative estimate of drug-likeness (QED) is 0.0175. The number of amides is 6. The van der Waals surface area contributed by atoms with Crippen LogP contribution < -0.4 is 24.6 Å². The van der Waals surface area contributed by atoms with Gasteiger partial charge in [0, 0.05) is 65.0 Å². The molecule has 4 bridgehead atoms. The Balaban J connectivity index is 0.814. The monoisotopic (exact) mass is 1620 g/mol. The lowest BCUT2D eigenvalue weighted by atomic mass is 9.53. The molecule has 590 valence electrons. The fourth-order valence-corrected chi connectivity index (χ4v) is 27.1. The minimum atomic E-state index is -4.92. The van der Waals surface area contributed by atoms with Crippen LogP contribution in [0.25, 0.3) is 0 Å². The summed E-state index contributed by atoms with van der Waals surface area (Å²) in [5, 5.41) is 8.15. The number of para-hydroxylation sites is 2. The summed E-state index contributed by atoms with van der Waals surface area (Å²) < 4.78 is 115. The van der Waals surface area contributed by atoms with Crippen molar-refractivity contribution in [2.75, 3.05) is 122 Å². The van der Waals surface area contributed by atoms with Crippen LogP contribution >= 0.6 is 43.2 Å². The van der Waals surface area contributed by atoms with Gasteiger partial charge in [-0.2, -0.15) is 0 Å². The van der Waals surface area contributed by atoms with Crippen molar-refractivity contribution in [2.24, 2.45) is 5.92 Å². The number of ether oxygens (including phenoxy) is 9. The molecule has 0 radical (unpaired) electrons. The van der Waals surface area contributed by atoms with Crippen molar-refractivity contribution in [1.29, 1.82) is 0 Å². The van der Waals surface area contributed by atoms with Crippen molar-refractivity contribution in [2.45, 2.75) is 143 Å². The first-order chi connectivity index (χ1) is 52.2. The first-order valence-electron chi connectivity index (χ1n) is 36.1. The van der Waals surface area contributed by atoms with Crippen molar-refractivity contribution >= 4 is 128 Å². The molecule has 109 heavy (non-hydrogen) atoms. The van der Waals surface area contributed by atoms with E-state index in [2.05, 4.69) is 16.0 Å². The number of likely N-dealkylation sites (N-methyl/N-ethyl adjacent to an activating group) is 2. The second-order valence-electron chi connectivity index (χ2n) is 28.5. The summed E-state index contributed by atoms with van der Waals surface area (Å²) in [6, 6.07) is 26.4. The van der Waals surface area contributed by atoms with Gasteiger partial charge in [-0.05, 0) is 118 Å². The summed E-state index contributed by atoms with van der Waals surface area (Å²) in [6.07, 6.45) is -3.37. The van der Waals surface area contributed by atoms with Crippen LogP contribution in [0.5, 0.6) is 0 Å². The van der Waals surface area contributed by atoms with Gasteiger partial charge < -0.3 is 68.4 Å². The van der Waals surface area contributed by atoms with E-state index in [-0.39, 0.29) is 129 Å². The largest absolute Gasteiger partial charge is 0.508 e. The zero-order chi connectivity index (χ0) is 77.8. The molecule has 9 atom stereocenters. The Morgan fingerprint density at radius 3 is 1.51 bits per heavy atom. The van der Waals surface area contributed by atoms with Crippen LogP contribution in [-0.4, -0.2) is 235 Å². The first-order valence-corrected chi connectivity index (χ1v) is 43.3. The standard InChI is InChI=1S/C73H90N8O22S6/c1-7-35-95-41-42-96-38-32-74-55(82)30-18-20-36-99-65(89)101-47-72-59(84)57-58-68(45-70(57,104-106-72)61(85)77(72)5,51-26-14-16-28-53(51)80(58)108(91,92)49-22-10-8-11-23-49)69-46-71-62(86)78(6)73(107-105-71,63(87)79(71)60(69)81(54-29-17-15-27-52(54)69)109(93,94)50-24-12-9-13-25-50)48-102-66(90)100-37-21-19-31-56(83)75-33-39-97-43-44-98-40-34-76-64(88)103-67(2,3)4/h8-17,22-29,57-58,60H,7,18-21,30-48H2,1-6H3,(H,74,82)(H,75,83)(H,76,88)/t57?,58-,60+,68+,69+,70-,71+,72+,73+/m1/s1. The minimum Gasteiger partial charge on any atom is -0.444 e. The molecule has 2 spiro atoms. The molecular weight excluding hydrogens is 1530 g/mol. The molecule has 14 rings (SSSR count). The Kier molecular flexibility index (Phi) is 24.5. The Labute approximate surface area is 648 Å². The van der Waals surface area contributed by atoms with Crippen molar-refractivity contribution in [1.82, 2.24) is 30.7 Å². The average molecular weight is 1620 g/mol. The van der Waals surface area contributed by atoms with Gasteiger partial charge in [0.15, 0.2) is 15.5 Å². The number of nitrogens with zero attached hydrogens (tertiary/aromatic N) is 5. The zero-order valence-corrected chi connectivity index (χ0v) is 66.2. The lowest BCUT2D eigenvalue weighted by Gasteiger charge is -2.58. The fraction of sp³-hybridized carbons (Fsp3) is 0.548. The summed E-state index contributed by atoms with van der Waals surface area (Å²) in [5.41, 5.74) is -3.98. The molecule has 4 aromatic carbocycles. The highest BCUT2D eigenvalue weighted by molar-refractivity contribution is 8.78. The van der Waals surface area contributed by atoms with E-state index in [0.29, 0.717) is 45.8 Å². The molecule has 10 aliphatic rings. The van der Waals surface area contributed by atoms with E-state index >= 15 is 36.0 Å². The third-order valence-electron chi connectivity index (χ3n) is 20.8. The van der Waals surface area contributed by atoms with Crippen LogP contribution in [0.3, 0.4) is 0 Å². The Bertz CT molecular complexity index is 4210. The molecule has 7 saturated heterocycles. The van der Waals surface area contributed by atoms with Crippen LogP contribution in [0.15, 0.2) is 119 Å². The normalized spacial score (nSPS) is 26.1. The zero-order valence-electron chi connectivity index (χ0n) is 61.3. The summed E-state index contributed by atoms with van der Waals surface area (Å²) in [4.78, 5) is 128. The molecule has 0 aromatic heterocycles. The van der Waals surface area contributed by atoms with Gasteiger partial charge in [0.2, 0.25) is 22.6 Å². The molecule has 1 unspecified atom stereocenters. The SMILES string of the molecule is CCCOCCOCCNC(=O)CCCCOC(=O)OC[C@]12SS[C@@]3(C[C@]4([C@]56C[C@@]78SS[C@@](COC(=O)OCCCCC(=O)NCCOCCOCCNC(=O)OC(C)(C)C)(C(=O)N7[C@H]5N(S(=O)(=O)c5ccccc5)c5ccccc56)N(C)C8=O)c5ccccc5N(S(=O)(=O)c5ccccc5)[C@@H]4C3C1=O)C(=O)N2C. The van der Waals surface area contributed by atoms with Gasteiger partial charge in [-0.1, -0.05) is 112 Å². The molecule has 8 fully saturated rings. The van der Waals surface area contributed by atoms with E-state index in [4.69, 9.17) is 42.6 Å². The number of Topliss-reactive ketones (excluding diaryl/α,β-unsaturated/α-hetero) is 1. The average Bonchev–Trinajstić information content (AvgIpc) is 1.44. The van der Waals surface area contributed by atoms with Crippen LogP contribution in [0, 0.1) is 5.92 Å². The van der Waals surface area contributed by atoms with Gasteiger partial charge in [-0.25, -0.2) is 35.5 Å². The number of nitrogens with one attached hydrogen (secondary N) is 3. The number of sulfonamides is 2. The van der Waals surface area contributed by atoms with Gasteiger partial charge >= 0.3 is 18.4 Å². The fourth-order valence-electron chi connectivity index (χ4n) is 16.1. The van der Waals surface area contributed by atoms with Crippen LogP contribution in [0.2, 0.25) is 0 Å². The number of piperidine rings is 1. The Morgan fingerprint density at radius 2 is 0.972 bits per heavy atom. The molecule has 1 saturated carbocycles. The van der Waals surface area contributed by atoms with Gasteiger partial charge in [0.05, 0.1) is 98.0 Å². The number of rotatable bonds is 36. The predicted octanol–water partition coefficient (Wildman–Crippen LogP) is 7.24. The van der Waals surface area contributed by atoms with Gasteiger partial charge in [0.1, 0.15) is 29.7 Å². The molecule has 9 heterocycles. The number of piperazine rings is 1. The molecule has 4 aromatic rings. The van der Waals surface area contributed by atoms with Crippen LogP contribution in [0.1, 0.15) is 96.6 Å². The number of hydrogen-bond acceptors (Lipinski definition) is 26. The topological polar surface area (TPSA) is 357 Å². The van der Waals surface area contributed by atoms with Crippen molar-refractivity contribution < 1.29 is 103 Å². The number of carbonyl (C=O) groups excluding carboxylic acids is 9. The first kappa shape index (κ1) is 81.0. The lowest BCUT2D eigenvalue weighted by molar-refractivity contribution is -0.167. The molecule has 6 amide bonds. The number of ketones is 1. The minimum absolute atomic E-state index is 0.0565. The number of alkyl carbamates (subject to hydrolysis) is 1. The van der Waals surface area contributed by atoms with Crippen molar-refractivity contribution in [3.05, 3.63) is 120 Å². The molecule has 3 N–H and O–H groups in total. The maximum Gasteiger partial charge on any atom is 0.508 e. The second-order valence-corrected chi connectivity index (χ2v) is 37.5. The predicted molar refractivity (Wildman–Crippen MR) is 404 cm³/mol. The van der Waals surface area contributed by atoms with Crippen molar-refractivity contribution in [3.63, 3.8) is 0 Å². The third-order valence-corrected chi connectivity index (χ3v) is 31.8. The van der Waals surface area contributed by atoms with E-state index in [1.165, 1.54) is 81.6 Å². The highest BCUT2D eigenvalue weighted by Gasteiger charge is 2.91. The Hall–Kier alpha value is -7.55. The maximum atomic E-state index is 16.8. The van der Waals surface area contributed by atoms with Crippen LogP contribution in [0.4, 0.5) is 25.8 Å². The highest BCUT2D eigenvalue weighted by Crippen LogP contribution is 2.82. The summed E-state index contributed by atoms with van der Waals surface area (Å²) in [5.74, 6) is -5.05. The molecule has 1 aliphatic carbocycles. The smallest absolute Gasteiger partial charge is 0.444 e. The number of anilines is 2. The second kappa shape index (κ2) is 33.0. The van der Waals surface area contributed by atoms with E-state index in [1.807, 2.05) is 6.92 Å². The van der Waals surface area contributed by atoms with Crippen molar-refractivity contribution in [3.8, 4) is 0 Å². The summed E-state index contributed by atoms with van der Waals surface area (Å²) >= 11 is 0. The van der Waals surface area contributed by atoms with E-state index in [0.717, 1.165) is 53.9 Å². The number of carbonyl (C=O) groups is 9. The summed E-state index contributed by atoms with van der Waals surface area (Å²) in [7, 11) is -3.16. The number of benzene rings is 4. The molecule has 30 nitrogen and oxygen atoms in total. The highest BCUT2D eigenvalue weighted by atomic mass is 33.1.